The van der Waals surface area contributed by atoms with Crippen LogP contribution in [0.2, 0.25) is 0 Å². The monoisotopic (exact) mass is 231 g/mol. The van der Waals surface area contributed by atoms with Crippen LogP contribution in [0.3, 0.4) is 0 Å². The number of hydrogen-bond donors (Lipinski definition) is 1. The van der Waals surface area contributed by atoms with Crippen molar-refractivity contribution in [3.63, 3.8) is 0 Å². The molecule has 1 saturated heterocycles. The molecule has 90 valence electrons. The first-order valence-electron chi connectivity index (χ1n) is 5.72. The summed E-state index contributed by atoms with van der Waals surface area (Å²) >= 11 is 0. The minimum atomic E-state index is 0.588. The lowest BCUT2D eigenvalue weighted by molar-refractivity contribution is 0.171. The Balaban J connectivity index is 2.14. The molecule has 1 aliphatic heterocycles. The van der Waals surface area contributed by atoms with Gasteiger partial charge in [0.15, 0.2) is 0 Å². The van der Waals surface area contributed by atoms with Gasteiger partial charge < -0.3 is 10.1 Å². The molecule has 17 heavy (non-hydrogen) atoms. The van der Waals surface area contributed by atoms with E-state index in [2.05, 4.69) is 23.3 Å². The Morgan fingerprint density at radius 1 is 1.53 bits per heavy atom. The quantitative estimate of drug-likeness (QED) is 0.839. The first-order valence-corrected chi connectivity index (χ1v) is 5.72. The van der Waals surface area contributed by atoms with Gasteiger partial charge in [-0.05, 0) is 25.2 Å². The van der Waals surface area contributed by atoms with Gasteiger partial charge in [0.2, 0.25) is 0 Å². The van der Waals surface area contributed by atoms with Crippen LogP contribution in [0.15, 0.2) is 18.2 Å². The standard InChI is InChI=1S/C13H17N3O/c1-16(12-7-15-8-12)9-11-5-10(6-14)3-4-13(11)17-2/h3-5,12,15H,7-9H2,1-2H3. The van der Waals surface area contributed by atoms with Crippen molar-refractivity contribution in [2.75, 3.05) is 27.2 Å². The van der Waals surface area contributed by atoms with Gasteiger partial charge in [0.1, 0.15) is 5.75 Å². The number of nitrogens with one attached hydrogen (secondary N) is 1. The SMILES string of the molecule is COc1ccc(C#N)cc1CN(C)C1CNC1. The number of ether oxygens (including phenoxy) is 1. The van der Waals surface area contributed by atoms with E-state index in [-0.39, 0.29) is 0 Å². The molecule has 1 N–H and O–H groups in total. The fourth-order valence-electron chi connectivity index (χ4n) is 1.95. The molecule has 0 spiro atoms. The molecule has 0 aliphatic carbocycles. The van der Waals surface area contributed by atoms with Gasteiger partial charge in [-0.25, -0.2) is 0 Å². The van der Waals surface area contributed by atoms with Gasteiger partial charge in [-0.1, -0.05) is 0 Å². The van der Waals surface area contributed by atoms with Crippen molar-refractivity contribution in [3.05, 3.63) is 29.3 Å². The van der Waals surface area contributed by atoms with Crippen LogP contribution >= 0.6 is 0 Å². The Kier molecular flexibility index (Phi) is 3.62. The van der Waals surface area contributed by atoms with E-state index in [4.69, 9.17) is 10.00 Å². The minimum Gasteiger partial charge on any atom is -0.496 e. The van der Waals surface area contributed by atoms with E-state index in [1.165, 1.54) is 0 Å². The third-order valence-electron chi connectivity index (χ3n) is 3.21. The lowest BCUT2D eigenvalue weighted by atomic mass is 10.1. The van der Waals surface area contributed by atoms with E-state index >= 15 is 0 Å². The number of nitrogens with zero attached hydrogens (tertiary/aromatic N) is 2. The zero-order valence-corrected chi connectivity index (χ0v) is 10.2. The Labute approximate surface area is 102 Å². The molecule has 2 rings (SSSR count). The zero-order valence-electron chi connectivity index (χ0n) is 10.2. The molecule has 0 bridgehead atoms. The lowest BCUT2D eigenvalue weighted by Crippen LogP contribution is -2.55. The molecule has 0 aromatic heterocycles. The maximum atomic E-state index is 8.91. The van der Waals surface area contributed by atoms with Crippen LogP contribution in [0.5, 0.6) is 5.75 Å². The molecule has 1 fully saturated rings. The van der Waals surface area contributed by atoms with Crippen LogP contribution in [0, 0.1) is 11.3 Å². The highest BCUT2D eigenvalue weighted by atomic mass is 16.5. The fraction of sp³-hybridized carbons (Fsp3) is 0.462. The molecular formula is C13H17N3O. The summed E-state index contributed by atoms with van der Waals surface area (Å²) in [5.41, 5.74) is 1.75. The second-order valence-corrected chi connectivity index (χ2v) is 4.37. The summed E-state index contributed by atoms with van der Waals surface area (Å²) in [5.74, 6) is 0.850. The summed E-state index contributed by atoms with van der Waals surface area (Å²) in [6.45, 7) is 2.89. The number of rotatable bonds is 4. The number of nitriles is 1. The van der Waals surface area contributed by atoms with Gasteiger partial charge in [0.25, 0.3) is 0 Å². The van der Waals surface area contributed by atoms with Crippen LogP contribution < -0.4 is 10.1 Å². The van der Waals surface area contributed by atoms with Crippen molar-refractivity contribution < 1.29 is 4.74 Å². The molecule has 0 radical (unpaired) electrons. The van der Waals surface area contributed by atoms with Gasteiger partial charge in [-0.3, -0.25) is 4.90 Å². The van der Waals surface area contributed by atoms with Gasteiger partial charge in [0, 0.05) is 31.2 Å². The third kappa shape index (κ3) is 2.57. The Morgan fingerprint density at radius 2 is 2.29 bits per heavy atom. The fourth-order valence-corrected chi connectivity index (χ4v) is 1.95. The van der Waals surface area contributed by atoms with Gasteiger partial charge in [0.05, 0.1) is 18.7 Å². The topological polar surface area (TPSA) is 48.3 Å². The van der Waals surface area contributed by atoms with E-state index < -0.39 is 0 Å². The molecule has 0 unspecified atom stereocenters. The summed E-state index contributed by atoms with van der Waals surface area (Å²) in [6.07, 6.45) is 0. The summed E-state index contributed by atoms with van der Waals surface area (Å²) in [6, 6.07) is 8.30. The maximum Gasteiger partial charge on any atom is 0.123 e. The number of methoxy groups -OCH3 is 1. The average molecular weight is 231 g/mol. The Morgan fingerprint density at radius 3 is 2.82 bits per heavy atom. The number of benzene rings is 1. The van der Waals surface area contributed by atoms with Crippen LogP contribution in [0.1, 0.15) is 11.1 Å². The summed E-state index contributed by atoms with van der Waals surface area (Å²) in [4.78, 5) is 2.29. The van der Waals surface area contributed by atoms with Gasteiger partial charge >= 0.3 is 0 Å². The number of likely N-dealkylation sites (N-methyl/N-ethyl adjacent to an activating group) is 1. The first kappa shape index (κ1) is 11.9. The van der Waals surface area contributed by atoms with Crippen LogP contribution in [0.25, 0.3) is 0 Å². The normalized spacial score (nSPS) is 15.4. The summed E-state index contributed by atoms with van der Waals surface area (Å²) in [5, 5.41) is 12.2. The predicted octanol–water partition coefficient (Wildman–Crippen LogP) is 0.970. The zero-order chi connectivity index (χ0) is 12.3. The largest absolute Gasteiger partial charge is 0.496 e. The highest BCUT2D eigenvalue weighted by Gasteiger charge is 2.22. The average Bonchev–Trinajstić information content (AvgIpc) is 2.26. The Hall–Kier alpha value is -1.57. The molecule has 0 saturated carbocycles. The molecular weight excluding hydrogens is 214 g/mol. The van der Waals surface area contributed by atoms with Crippen molar-refractivity contribution in [2.45, 2.75) is 12.6 Å². The van der Waals surface area contributed by atoms with Gasteiger partial charge in [-0.2, -0.15) is 5.26 Å². The second kappa shape index (κ2) is 5.17. The molecule has 1 aromatic carbocycles. The third-order valence-corrected chi connectivity index (χ3v) is 3.21. The summed E-state index contributed by atoms with van der Waals surface area (Å²) < 4.78 is 5.33. The number of hydrogen-bond acceptors (Lipinski definition) is 4. The maximum absolute atomic E-state index is 8.91. The first-order chi connectivity index (χ1) is 8.24. The molecule has 1 heterocycles. The van der Waals surface area contributed by atoms with Crippen molar-refractivity contribution in [2.24, 2.45) is 0 Å². The highest BCUT2D eigenvalue weighted by molar-refractivity contribution is 5.42. The van der Waals surface area contributed by atoms with Crippen molar-refractivity contribution in [1.29, 1.82) is 5.26 Å². The van der Waals surface area contributed by atoms with Gasteiger partial charge in [-0.15, -0.1) is 0 Å². The lowest BCUT2D eigenvalue weighted by Gasteiger charge is -2.35. The van der Waals surface area contributed by atoms with Crippen molar-refractivity contribution >= 4 is 0 Å². The van der Waals surface area contributed by atoms with E-state index in [1.807, 2.05) is 12.1 Å². The summed E-state index contributed by atoms with van der Waals surface area (Å²) in [7, 11) is 3.76. The van der Waals surface area contributed by atoms with E-state index in [0.29, 0.717) is 11.6 Å². The van der Waals surface area contributed by atoms with Crippen LogP contribution in [-0.2, 0) is 6.54 Å². The van der Waals surface area contributed by atoms with E-state index in [0.717, 1.165) is 30.9 Å². The molecule has 4 nitrogen and oxygen atoms in total. The molecule has 0 atom stereocenters. The molecule has 1 aromatic rings. The van der Waals surface area contributed by atoms with Crippen molar-refractivity contribution in [3.8, 4) is 11.8 Å². The molecule has 1 aliphatic rings. The Bertz CT molecular complexity index is 435. The second-order valence-electron chi connectivity index (χ2n) is 4.37. The van der Waals surface area contributed by atoms with Crippen molar-refractivity contribution in [1.82, 2.24) is 10.2 Å². The minimum absolute atomic E-state index is 0.588. The highest BCUT2D eigenvalue weighted by Crippen LogP contribution is 2.22. The van der Waals surface area contributed by atoms with Crippen LogP contribution in [-0.4, -0.2) is 38.2 Å². The van der Waals surface area contributed by atoms with E-state index in [9.17, 15) is 0 Å². The molecule has 0 amide bonds. The van der Waals surface area contributed by atoms with Crippen LogP contribution in [0.4, 0.5) is 0 Å². The molecule has 4 heteroatoms. The smallest absolute Gasteiger partial charge is 0.123 e. The predicted molar refractivity (Wildman–Crippen MR) is 65.8 cm³/mol. The van der Waals surface area contributed by atoms with E-state index in [1.54, 1.807) is 13.2 Å².